The first kappa shape index (κ1) is 13.2. The van der Waals surface area contributed by atoms with Crippen molar-refractivity contribution in [2.45, 2.75) is 26.1 Å². The molecule has 1 aliphatic rings. The minimum atomic E-state index is -4.29. The number of hydrogen-bond donors (Lipinski definition) is 0. The number of rotatable bonds is 1. The van der Waals surface area contributed by atoms with Gasteiger partial charge in [0.15, 0.2) is 0 Å². The highest BCUT2D eigenvalue weighted by atomic mass is 19.4. The van der Waals surface area contributed by atoms with Crippen LogP contribution in [0.5, 0.6) is 0 Å². The van der Waals surface area contributed by atoms with E-state index in [0.717, 1.165) is 0 Å². The van der Waals surface area contributed by atoms with Crippen molar-refractivity contribution in [1.29, 1.82) is 0 Å². The molecule has 0 aromatic heterocycles. The Bertz CT molecular complexity index is 431. The number of ether oxygens (including phenoxy) is 1. The molecule has 1 unspecified atom stereocenters. The molecule has 1 aliphatic heterocycles. The molecule has 1 fully saturated rings. The van der Waals surface area contributed by atoms with Crippen LogP contribution < -0.4 is 4.90 Å². The summed E-state index contributed by atoms with van der Waals surface area (Å²) >= 11 is 0. The van der Waals surface area contributed by atoms with Crippen molar-refractivity contribution in [3.8, 4) is 0 Å². The predicted octanol–water partition coefficient (Wildman–Crippen LogP) is 3.24. The monoisotopic (exact) mass is 259 g/mol. The van der Waals surface area contributed by atoms with Gasteiger partial charge in [0.2, 0.25) is 0 Å². The molecule has 0 aliphatic carbocycles. The standard InChI is InChI=1S/C13H16F3NO/c1-9-5-11(13(14,15)16)7-12(6-9)17-3-4-18-10(2)8-17/h5-7,10H,3-4,8H2,1-2H3. The van der Waals surface area contributed by atoms with Crippen LogP contribution in [0, 0.1) is 6.92 Å². The van der Waals surface area contributed by atoms with Gasteiger partial charge in [0.1, 0.15) is 0 Å². The molecule has 0 bridgehead atoms. The predicted molar refractivity (Wildman–Crippen MR) is 63.8 cm³/mol. The zero-order valence-corrected chi connectivity index (χ0v) is 10.4. The van der Waals surface area contributed by atoms with Crippen LogP contribution in [0.15, 0.2) is 18.2 Å². The molecule has 2 nitrogen and oxygen atoms in total. The number of halogens is 3. The van der Waals surface area contributed by atoms with E-state index in [1.165, 1.54) is 12.1 Å². The third-order valence-corrected chi connectivity index (χ3v) is 3.00. The van der Waals surface area contributed by atoms with Gasteiger partial charge in [-0.3, -0.25) is 0 Å². The number of morpholine rings is 1. The molecule has 1 atom stereocenters. The third-order valence-electron chi connectivity index (χ3n) is 3.00. The highest BCUT2D eigenvalue weighted by Gasteiger charge is 2.31. The summed E-state index contributed by atoms with van der Waals surface area (Å²) < 4.78 is 43.6. The molecular weight excluding hydrogens is 243 g/mol. The zero-order chi connectivity index (χ0) is 13.3. The van der Waals surface area contributed by atoms with Crippen LogP contribution in [0.2, 0.25) is 0 Å². The molecule has 0 saturated carbocycles. The molecule has 0 N–H and O–H groups in total. The van der Waals surface area contributed by atoms with Gasteiger partial charge in [-0.05, 0) is 37.6 Å². The maximum Gasteiger partial charge on any atom is 0.416 e. The van der Waals surface area contributed by atoms with Crippen LogP contribution >= 0.6 is 0 Å². The lowest BCUT2D eigenvalue weighted by atomic mass is 10.1. The second-order valence-electron chi connectivity index (χ2n) is 4.68. The molecule has 2 rings (SSSR count). The summed E-state index contributed by atoms with van der Waals surface area (Å²) in [7, 11) is 0. The summed E-state index contributed by atoms with van der Waals surface area (Å²) in [4.78, 5) is 1.94. The quantitative estimate of drug-likeness (QED) is 0.767. The number of anilines is 1. The maximum atomic E-state index is 12.7. The minimum absolute atomic E-state index is 0.0496. The van der Waals surface area contributed by atoms with Gasteiger partial charge in [0.05, 0.1) is 18.3 Å². The van der Waals surface area contributed by atoms with E-state index in [0.29, 0.717) is 30.9 Å². The van der Waals surface area contributed by atoms with Crippen molar-refractivity contribution >= 4 is 5.69 Å². The van der Waals surface area contributed by atoms with Gasteiger partial charge in [-0.2, -0.15) is 13.2 Å². The van der Waals surface area contributed by atoms with Crippen LogP contribution in [-0.2, 0) is 10.9 Å². The van der Waals surface area contributed by atoms with Crippen LogP contribution in [0.4, 0.5) is 18.9 Å². The van der Waals surface area contributed by atoms with Crippen LogP contribution in [0.3, 0.4) is 0 Å². The number of benzene rings is 1. The van der Waals surface area contributed by atoms with Crippen molar-refractivity contribution in [1.82, 2.24) is 0 Å². The second kappa shape index (κ2) is 4.80. The zero-order valence-electron chi connectivity index (χ0n) is 10.4. The highest BCUT2D eigenvalue weighted by Crippen LogP contribution is 2.33. The lowest BCUT2D eigenvalue weighted by Gasteiger charge is -2.33. The van der Waals surface area contributed by atoms with E-state index in [1.54, 1.807) is 13.0 Å². The molecule has 0 radical (unpaired) electrons. The van der Waals surface area contributed by atoms with Crippen LogP contribution in [0.25, 0.3) is 0 Å². The van der Waals surface area contributed by atoms with Gasteiger partial charge < -0.3 is 9.64 Å². The fourth-order valence-electron chi connectivity index (χ4n) is 2.16. The van der Waals surface area contributed by atoms with Gasteiger partial charge in [0.25, 0.3) is 0 Å². The topological polar surface area (TPSA) is 12.5 Å². The van der Waals surface area contributed by atoms with Crippen molar-refractivity contribution in [2.24, 2.45) is 0 Å². The van der Waals surface area contributed by atoms with Crippen LogP contribution in [-0.4, -0.2) is 25.8 Å². The fraction of sp³-hybridized carbons (Fsp3) is 0.538. The first-order chi connectivity index (χ1) is 8.36. The summed E-state index contributed by atoms with van der Waals surface area (Å²) in [5.41, 5.74) is 0.660. The lowest BCUT2D eigenvalue weighted by Crippen LogP contribution is -2.41. The Kier molecular flexibility index (Phi) is 3.52. The molecule has 1 aromatic carbocycles. The number of hydrogen-bond acceptors (Lipinski definition) is 2. The Morgan fingerprint density at radius 1 is 1.28 bits per heavy atom. The second-order valence-corrected chi connectivity index (χ2v) is 4.68. The van der Waals surface area contributed by atoms with Gasteiger partial charge in [-0.1, -0.05) is 0 Å². The van der Waals surface area contributed by atoms with Crippen molar-refractivity contribution in [2.75, 3.05) is 24.6 Å². The summed E-state index contributed by atoms with van der Waals surface area (Å²) in [5, 5.41) is 0. The van der Waals surface area contributed by atoms with Crippen molar-refractivity contribution in [3.63, 3.8) is 0 Å². The molecule has 18 heavy (non-hydrogen) atoms. The van der Waals surface area contributed by atoms with Crippen molar-refractivity contribution in [3.05, 3.63) is 29.3 Å². The molecule has 5 heteroatoms. The average molecular weight is 259 g/mol. The molecular formula is C13H16F3NO. The summed E-state index contributed by atoms with van der Waals surface area (Å²) in [5.74, 6) is 0. The largest absolute Gasteiger partial charge is 0.416 e. The molecule has 0 spiro atoms. The molecule has 100 valence electrons. The SMILES string of the molecule is Cc1cc(N2CCOC(C)C2)cc(C(F)(F)F)c1. The lowest BCUT2D eigenvalue weighted by molar-refractivity contribution is -0.137. The molecule has 0 amide bonds. The smallest absolute Gasteiger partial charge is 0.375 e. The molecule has 1 aromatic rings. The third kappa shape index (κ3) is 2.96. The van der Waals surface area contributed by atoms with Gasteiger partial charge >= 0.3 is 6.18 Å². The van der Waals surface area contributed by atoms with Gasteiger partial charge in [0, 0.05) is 18.8 Å². The Morgan fingerprint density at radius 3 is 2.61 bits per heavy atom. The van der Waals surface area contributed by atoms with Gasteiger partial charge in [-0.15, -0.1) is 0 Å². The Labute approximate surface area is 104 Å². The highest BCUT2D eigenvalue weighted by molar-refractivity contribution is 5.52. The Morgan fingerprint density at radius 2 is 2.00 bits per heavy atom. The Hall–Kier alpha value is -1.23. The first-order valence-corrected chi connectivity index (χ1v) is 5.92. The van der Waals surface area contributed by atoms with Crippen LogP contribution in [0.1, 0.15) is 18.1 Å². The Balaban J connectivity index is 2.30. The summed E-state index contributed by atoms with van der Waals surface area (Å²) in [6, 6.07) is 4.17. The summed E-state index contributed by atoms with van der Waals surface area (Å²) in [6.45, 7) is 5.41. The van der Waals surface area contributed by atoms with Crippen molar-refractivity contribution < 1.29 is 17.9 Å². The van der Waals surface area contributed by atoms with Gasteiger partial charge in [-0.25, -0.2) is 0 Å². The van der Waals surface area contributed by atoms with E-state index >= 15 is 0 Å². The minimum Gasteiger partial charge on any atom is -0.375 e. The average Bonchev–Trinajstić information content (AvgIpc) is 2.27. The first-order valence-electron chi connectivity index (χ1n) is 5.92. The molecule has 1 saturated heterocycles. The van der Waals surface area contributed by atoms with E-state index in [-0.39, 0.29) is 6.10 Å². The number of alkyl halides is 3. The van der Waals surface area contributed by atoms with E-state index in [2.05, 4.69) is 0 Å². The summed E-state index contributed by atoms with van der Waals surface area (Å²) in [6.07, 6.45) is -4.24. The van der Waals surface area contributed by atoms with E-state index in [4.69, 9.17) is 4.74 Å². The fourth-order valence-corrected chi connectivity index (χ4v) is 2.16. The maximum absolute atomic E-state index is 12.7. The number of nitrogens with zero attached hydrogens (tertiary/aromatic N) is 1. The molecule has 1 heterocycles. The van der Waals surface area contributed by atoms with E-state index in [1.807, 2.05) is 11.8 Å². The van der Waals surface area contributed by atoms with E-state index < -0.39 is 11.7 Å². The van der Waals surface area contributed by atoms with E-state index in [9.17, 15) is 13.2 Å². The number of aryl methyl sites for hydroxylation is 1. The normalized spacial score (nSPS) is 21.2.